The predicted molar refractivity (Wildman–Crippen MR) is 60.0 cm³/mol. The van der Waals surface area contributed by atoms with Crippen LogP contribution in [-0.4, -0.2) is 29.1 Å². The first-order valence-electron chi connectivity index (χ1n) is 5.04. The predicted octanol–water partition coefficient (Wildman–Crippen LogP) is 1.94. The highest BCUT2D eigenvalue weighted by Gasteiger charge is 2.26. The molecule has 0 bridgehead atoms. The summed E-state index contributed by atoms with van der Waals surface area (Å²) < 4.78 is 5.46. The molecule has 0 saturated heterocycles. The van der Waals surface area contributed by atoms with Crippen molar-refractivity contribution in [2.75, 3.05) is 6.61 Å². The molecular weight excluding hydrogens is 206 g/mol. The molecule has 0 saturated carbocycles. The number of rotatable bonds is 2. The van der Waals surface area contributed by atoms with E-state index in [1.807, 2.05) is 13.8 Å². The number of hydrogen-bond acceptors (Lipinski definition) is 3. The van der Waals surface area contributed by atoms with Crippen molar-refractivity contribution in [3.63, 3.8) is 0 Å². The van der Waals surface area contributed by atoms with Gasteiger partial charge in [0, 0.05) is 5.56 Å². The van der Waals surface area contributed by atoms with E-state index in [9.17, 15) is 4.79 Å². The molecule has 4 heteroatoms. The molecule has 1 N–H and O–H groups in total. The number of benzene rings is 1. The molecule has 16 heavy (non-hydrogen) atoms. The van der Waals surface area contributed by atoms with E-state index < -0.39 is 5.97 Å². The minimum atomic E-state index is -0.929. The summed E-state index contributed by atoms with van der Waals surface area (Å²) in [7, 11) is 0. The topological polar surface area (TPSA) is 58.9 Å². The molecule has 2 rings (SSSR count). The first kappa shape index (κ1) is 10.7. The molecular formula is C12H13NO3. The van der Waals surface area contributed by atoms with E-state index in [1.54, 1.807) is 24.3 Å². The summed E-state index contributed by atoms with van der Waals surface area (Å²) in [6.45, 7) is 4.54. The van der Waals surface area contributed by atoms with Gasteiger partial charge >= 0.3 is 5.97 Å². The lowest BCUT2D eigenvalue weighted by molar-refractivity contribution is 0.0697. The van der Waals surface area contributed by atoms with Gasteiger partial charge in [-0.1, -0.05) is 0 Å². The van der Waals surface area contributed by atoms with Crippen LogP contribution in [0.3, 0.4) is 0 Å². The number of ether oxygens (including phenoxy) is 1. The molecule has 84 valence electrons. The zero-order valence-corrected chi connectivity index (χ0v) is 9.23. The summed E-state index contributed by atoms with van der Waals surface area (Å²) in [5.41, 5.74) is 0.887. The van der Waals surface area contributed by atoms with Crippen molar-refractivity contribution in [2.24, 2.45) is 4.99 Å². The van der Waals surface area contributed by atoms with Gasteiger partial charge in [0.05, 0.1) is 11.1 Å². The summed E-state index contributed by atoms with van der Waals surface area (Å²) >= 11 is 0. The maximum absolute atomic E-state index is 10.7. The summed E-state index contributed by atoms with van der Waals surface area (Å²) in [4.78, 5) is 15.1. The van der Waals surface area contributed by atoms with Crippen molar-refractivity contribution in [1.29, 1.82) is 0 Å². The minimum absolute atomic E-state index is 0.194. The molecule has 1 aromatic rings. The van der Waals surface area contributed by atoms with Crippen molar-refractivity contribution >= 4 is 11.9 Å². The Morgan fingerprint density at radius 1 is 1.38 bits per heavy atom. The van der Waals surface area contributed by atoms with Crippen molar-refractivity contribution < 1.29 is 14.6 Å². The molecule has 0 fully saturated rings. The van der Waals surface area contributed by atoms with E-state index in [1.165, 1.54) is 0 Å². The molecule has 0 spiro atoms. The fraction of sp³-hybridized carbons (Fsp3) is 0.333. The third-order valence-electron chi connectivity index (χ3n) is 2.35. The van der Waals surface area contributed by atoms with E-state index in [0.29, 0.717) is 12.5 Å². The fourth-order valence-corrected chi connectivity index (χ4v) is 1.49. The van der Waals surface area contributed by atoms with E-state index in [4.69, 9.17) is 9.84 Å². The Balaban J connectivity index is 2.27. The van der Waals surface area contributed by atoms with E-state index in [2.05, 4.69) is 4.99 Å². The molecule has 0 amide bonds. The Hall–Kier alpha value is -1.84. The summed E-state index contributed by atoms with van der Waals surface area (Å²) in [5.74, 6) is -0.344. The normalized spacial score (nSPS) is 17.8. The molecule has 1 aliphatic heterocycles. The Morgan fingerprint density at radius 2 is 2.00 bits per heavy atom. The highest BCUT2D eigenvalue weighted by Crippen LogP contribution is 2.20. The zero-order chi connectivity index (χ0) is 11.8. The Bertz CT molecular complexity index is 446. The number of carbonyl (C=O) groups is 1. The van der Waals surface area contributed by atoms with Crippen molar-refractivity contribution in [1.82, 2.24) is 0 Å². The highest BCUT2D eigenvalue weighted by molar-refractivity contribution is 5.96. The van der Waals surface area contributed by atoms with Gasteiger partial charge in [-0.05, 0) is 38.1 Å². The average molecular weight is 219 g/mol. The van der Waals surface area contributed by atoms with Crippen LogP contribution in [0.4, 0.5) is 0 Å². The summed E-state index contributed by atoms with van der Waals surface area (Å²) in [5, 5.41) is 8.76. The lowest BCUT2D eigenvalue weighted by atomic mass is 10.1. The van der Waals surface area contributed by atoms with Gasteiger partial charge in [-0.2, -0.15) is 0 Å². The monoisotopic (exact) mass is 219 g/mol. The second-order valence-electron chi connectivity index (χ2n) is 4.40. The van der Waals surface area contributed by atoms with Crippen LogP contribution in [0.1, 0.15) is 29.8 Å². The first-order chi connectivity index (χ1) is 7.48. The van der Waals surface area contributed by atoms with Crippen LogP contribution >= 0.6 is 0 Å². The number of carboxylic acids is 1. The third-order valence-corrected chi connectivity index (χ3v) is 2.35. The molecule has 1 aromatic carbocycles. The molecule has 0 atom stereocenters. The van der Waals surface area contributed by atoms with Crippen molar-refractivity contribution in [3.05, 3.63) is 35.4 Å². The van der Waals surface area contributed by atoms with Crippen LogP contribution in [0.2, 0.25) is 0 Å². The Kier molecular flexibility index (Phi) is 2.42. The van der Waals surface area contributed by atoms with Crippen LogP contribution in [0.15, 0.2) is 29.3 Å². The Labute approximate surface area is 93.6 Å². The SMILES string of the molecule is CC1(C)COC(c2ccc(C(=O)O)cc2)=N1. The van der Waals surface area contributed by atoms with Crippen LogP contribution in [0, 0.1) is 0 Å². The van der Waals surface area contributed by atoms with Gasteiger partial charge in [0.1, 0.15) is 6.61 Å². The van der Waals surface area contributed by atoms with Crippen LogP contribution in [-0.2, 0) is 4.74 Å². The molecule has 1 aliphatic rings. The smallest absolute Gasteiger partial charge is 0.335 e. The van der Waals surface area contributed by atoms with E-state index >= 15 is 0 Å². The number of carboxylic acid groups (broad SMARTS) is 1. The maximum atomic E-state index is 10.7. The van der Waals surface area contributed by atoms with Gasteiger partial charge in [0.25, 0.3) is 0 Å². The van der Waals surface area contributed by atoms with Gasteiger partial charge in [0.2, 0.25) is 5.90 Å². The molecule has 0 unspecified atom stereocenters. The van der Waals surface area contributed by atoms with Crippen LogP contribution in [0.5, 0.6) is 0 Å². The molecule has 0 aromatic heterocycles. The van der Waals surface area contributed by atoms with E-state index in [0.717, 1.165) is 5.56 Å². The first-order valence-corrected chi connectivity index (χ1v) is 5.04. The van der Waals surface area contributed by atoms with Crippen LogP contribution < -0.4 is 0 Å². The Morgan fingerprint density at radius 3 is 2.44 bits per heavy atom. The lowest BCUT2D eigenvalue weighted by Gasteiger charge is -2.07. The third kappa shape index (κ3) is 2.05. The average Bonchev–Trinajstić information content (AvgIpc) is 2.59. The van der Waals surface area contributed by atoms with Crippen molar-refractivity contribution in [2.45, 2.75) is 19.4 Å². The quantitative estimate of drug-likeness (QED) is 0.826. The second kappa shape index (κ2) is 3.63. The van der Waals surface area contributed by atoms with Gasteiger partial charge in [-0.15, -0.1) is 0 Å². The van der Waals surface area contributed by atoms with E-state index in [-0.39, 0.29) is 11.1 Å². The number of hydrogen-bond donors (Lipinski definition) is 1. The molecule has 1 heterocycles. The van der Waals surface area contributed by atoms with Crippen molar-refractivity contribution in [3.8, 4) is 0 Å². The largest absolute Gasteiger partial charge is 0.478 e. The molecule has 0 aliphatic carbocycles. The fourth-order valence-electron chi connectivity index (χ4n) is 1.49. The van der Waals surface area contributed by atoms with Gasteiger partial charge in [-0.3, -0.25) is 0 Å². The maximum Gasteiger partial charge on any atom is 0.335 e. The molecule has 4 nitrogen and oxygen atoms in total. The van der Waals surface area contributed by atoms with Crippen LogP contribution in [0.25, 0.3) is 0 Å². The standard InChI is InChI=1S/C12H13NO3/c1-12(2)7-16-10(13-12)8-3-5-9(6-4-8)11(14)15/h3-6H,7H2,1-2H3,(H,14,15). The summed E-state index contributed by atoms with van der Waals surface area (Å²) in [6, 6.07) is 6.52. The van der Waals surface area contributed by atoms with Gasteiger partial charge in [-0.25, -0.2) is 9.79 Å². The highest BCUT2D eigenvalue weighted by atomic mass is 16.5. The number of aliphatic imine (C=N–C) groups is 1. The molecule has 0 radical (unpaired) electrons. The second-order valence-corrected chi connectivity index (χ2v) is 4.40. The van der Waals surface area contributed by atoms with Gasteiger partial charge in [0.15, 0.2) is 0 Å². The summed E-state index contributed by atoms with van der Waals surface area (Å²) in [6.07, 6.45) is 0. The van der Waals surface area contributed by atoms with Gasteiger partial charge < -0.3 is 9.84 Å². The minimum Gasteiger partial charge on any atom is -0.478 e. The number of aromatic carboxylic acids is 1. The number of nitrogens with zero attached hydrogens (tertiary/aromatic N) is 1. The lowest BCUT2D eigenvalue weighted by Crippen LogP contribution is -2.17. The zero-order valence-electron chi connectivity index (χ0n) is 9.23.